The van der Waals surface area contributed by atoms with Gasteiger partial charge < -0.3 is 5.32 Å². The molecule has 1 heterocycles. The maximum atomic E-state index is 14.4. The Morgan fingerprint density at radius 2 is 1.86 bits per heavy atom. The Kier molecular flexibility index (Phi) is 4.67. The van der Waals surface area contributed by atoms with Crippen LogP contribution in [-0.2, 0) is 0 Å². The summed E-state index contributed by atoms with van der Waals surface area (Å²) in [6.07, 6.45) is 7.40. The highest BCUT2D eigenvalue weighted by Crippen LogP contribution is 2.46. The van der Waals surface area contributed by atoms with E-state index in [1.54, 1.807) is 12.1 Å². The van der Waals surface area contributed by atoms with Gasteiger partial charge in [0.15, 0.2) is 0 Å². The van der Waals surface area contributed by atoms with Crippen LogP contribution < -0.4 is 5.32 Å². The normalized spacial score (nSPS) is 23.6. The quantitative estimate of drug-likeness (QED) is 0.868. The van der Waals surface area contributed by atoms with Crippen molar-refractivity contribution in [2.45, 2.75) is 50.1 Å². The summed E-state index contributed by atoms with van der Waals surface area (Å²) >= 11 is 3.50. The summed E-state index contributed by atoms with van der Waals surface area (Å²) in [5.74, 6) is -0.0944. The molecule has 1 saturated heterocycles. The van der Waals surface area contributed by atoms with Crippen LogP contribution in [0.1, 0.15) is 50.1 Å². The summed E-state index contributed by atoms with van der Waals surface area (Å²) < 4.78 is 15.4. The number of nitrogens with zero attached hydrogens (tertiary/aromatic N) is 1. The lowest BCUT2D eigenvalue weighted by Crippen LogP contribution is -2.53. The van der Waals surface area contributed by atoms with Gasteiger partial charge in [0, 0.05) is 15.6 Å². The van der Waals surface area contributed by atoms with E-state index in [4.69, 9.17) is 0 Å². The maximum Gasteiger partial charge on any atom is 0.128 e. The van der Waals surface area contributed by atoms with Gasteiger partial charge in [0.1, 0.15) is 5.82 Å². The van der Waals surface area contributed by atoms with Crippen LogP contribution in [0.15, 0.2) is 22.7 Å². The van der Waals surface area contributed by atoms with Crippen molar-refractivity contribution in [3.63, 3.8) is 0 Å². The van der Waals surface area contributed by atoms with Gasteiger partial charge >= 0.3 is 0 Å². The van der Waals surface area contributed by atoms with E-state index in [2.05, 4.69) is 26.1 Å². The van der Waals surface area contributed by atoms with Crippen LogP contribution in [-0.4, -0.2) is 30.6 Å². The number of hydrogen-bond acceptors (Lipinski definition) is 2. The Bertz CT molecular complexity index is 494. The number of benzene rings is 1. The smallest absolute Gasteiger partial charge is 0.128 e. The molecular formula is C17H24BrFN2. The van der Waals surface area contributed by atoms with Crippen LogP contribution in [0.5, 0.6) is 0 Å². The number of likely N-dealkylation sites (N-methyl/N-ethyl adjacent to an activating group) is 1. The van der Waals surface area contributed by atoms with Crippen LogP contribution in [0.25, 0.3) is 0 Å². The minimum absolute atomic E-state index is 0.0654. The molecule has 1 N–H and O–H groups in total. The second-order valence-corrected chi connectivity index (χ2v) is 7.31. The van der Waals surface area contributed by atoms with E-state index >= 15 is 0 Å². The zero-order chi connectivity index (χ0) is 14.9. The van der Waals surface area contributed by atoms with Crippen LogP contribution in [0.3, 0.4) is 0 Å². The van der Waals surface area contributed by atoms with E-state index in [0.717, 1.165) is 23.1 Å². The van der Waals surface area contributed by atoms with Crippen molar-refractivity contribution in [2.75, 3.05) is 20.1 Å². The Labute approximate surface area is 135 Å². The fourth-order valence-electron chi connectivity index (χ4n) is 4.39. The minimum Gasteiger partial charge on any atom is -0.311 e. The van der Waals surface area contributed by atoms with Gasteiger partial charge in [-0.3, -0.25) is 4.90 Å². The van der Waals surface area contributed by atoms with Gasteiger partial charge in [0.25, 0.3) is 0 Å². The largest absolute Gasteiger partial charge is 0.311 e. The standard InChI is InChI=1S/C17H24BrFN2/c1-20-16(14-12-13(18)6-7-15(14)19)17(8-2-3-9-17)21-10-4-5-11-21/h6-7,12,16,20H,2-5,8-11H2,1H3. The van der Waals surface area contributed by atoms with Crippen LogP contribution in [0, 0.1) is 5.82 Å². The van der Waals surface area contributed by atoms with Gasteiger partial charge in [-0.1, -0.05) is 28.8 Å². The molecule has 1 aromatic rings. The number of rotatable bonds is 4. The third kappa shape index (κ3) is 2.78. The molecule has 1 aliphatic heterocycles. The van der Waals surface area contributed by atoms with Crippen molar-refractivity contribution in [1.82, 2.24) is 10.2 Å². The van der Waals surface area contributed by atoms with Crippen molar-refractivity contribution in [1.29, 1.82) is 0 Å². The molecule has 3 rings (SSSR count). The maximum absolute atomic E-state index is 14.4. The monoisotopic (exact) mass is 354 g/mol. The second-order valence-electron chi connectivity index (χ2n) is 6.39. The third-order valence-electron chi connectivity index (χ3n) is 5.30. The number of hydrogen-bond donors (Lipinski definition) is 1. The van der Waals surface area contributed by atoms with E-state index in [1.807, 2.05) is 13.1 Å². The van der Waals surface area contributed by atoms with Crippen molar-refractivity contribution in [3.8, 4) is 0 Å². The molecule has 0 spiro atoms. The first-order valence-electron chi connectivity index (χ1n) is 8.05. The predicted octanol–water partition coefficient (Wildman–Crippen LogP) is 4.26. The molecule has 1 unspecified atom stereocenters. The molecule has 0 radical (unpaired) electrons. The molecule has 0 amide bonds. The number of halogens is 2. The SMILES string of the molecule is CNC(c1cc(Br)ccc1F)C1(N2CCCC2)CCCC1. The van der Waals surface area contributed by atoms with E-state index in [9.17, 15) is 4.39 Å². The molecule has 1 saturated carbocycles. The molecule has 1 atom stereocenters. The molecule has 0 bridgehead atoms. The third-order valence-corrected chi connectivity index (χ3v) is 5.79. The lowest BCUT2D eigenvalue weighted by Gasteiger charge is -2.45. The van der Waals surface area contributed by atoms with Gasteiger partial charge in [-0.15, -0.1) is 0 Å². The molecule has 2 aliphatic rings. The fraction of sp³-hybridized carbons (Fsp3) is 0.647. The summed E-state index contributed by atoms with van der Waals surface area (Å²) in [6, 6.07) is 5.38. The summed E-state index contributed by atoms with van der Waals surface area (Å²) in [4.78, 5) is 2.63. The summed E-state index contributed by atoms with van der Waals surface area (Å²) in [6.45, 7) is 2.32. The second kappa shape index (κ2) is 6.35. The highest BCUT2D eigenvalue weighted by molar-refractivity contribution is 9.10. The van der Waals surface area contributed by atoms with Crippen molar-refractivity contribution in [2.24, 2.45) is 0 Å². The molecule has 0 aromatic heterocycles. The van der Waals surface area contributed by atoms with Crippen LogP contribution >= 0.6 is 15.9 Å². The van der Waals surface area contributed by atoms with E-state index in [0.29, 0.717) is 0 Å². The Balaban J connectivity index is 2.01. The average Bonchev–Trinajstić information content (AvgIpc) is 3.14. The Morgan fingerprint density at radius 3 is 2.48 bits per heavy atom. The molecular weight excluding hydrogens is 331 g/mol. The van der Waals surface area contributed by atoms with E-state index < -0.39 is 0 Å². The molecule has 2 fully saturated rings. The predicted molar refractivity (Wildman–Crippen MR) is 87.9 cm³/mol. The average molecular weight is 355 g/mol. The lowest BCUT2D eigenvalue weighted by atomic mass is 9.82. The van der Waals surface area contributed by atoms with Crippen molar-refractivity contribution in [3.05, 3.63) is 34.1 Å². The fourth-order valence-corrected chi connectivity index (χ4v) is 4.77. The molecule has 1 aromatic carbocycles. The van der Waals surface area contributed by atoms with Crippen molar-refractivity contribution >= 4 is 15.9 Å². The number of likely N-dealkylation sites (tertiary alicyclic amines) is 1. The first-order valence-corrected chi connectivity index (χ1v) is 8.84. The van der Waals surface area contributed by atoms with Gasteiger partial charge in [-0.25, -0.2) is 4.39 Å². The highest BCUT2D eigenvalue weighted by Gasteiger charge is 2.47. The Morgan fingerprint density at radius 1 is 1.19 bits per heavy atom. The van der Waals surface area contributed by atoms with E-state index in [-0.39, 0.29) is 17.4 Å². The topological polar surface area (TPSA) is 15.3 Å². The molecule has 116 valence electrons. The Hall–Kier alpha value is -0.450. The molecule has 2 nitrogen and oxygen atoms in total. The first-order chi connectivity index (χ1) is 10.2. The minimum atomic E-state index is -0.0944. The van der Waals surface area contributed by atoms with Gasteiger partial charge in [0.2, 0.25) is 0 Å². The van der Waals surface area contributed by atoms with Gasteiger partial charge in [-0.2, -0.15) is 0 Å². The van der Waals surface area contributed by atoms with Crippen LogP contribution in [0.4, 0.5) is 4.39 Å². The van der Waals surface area contributed by atoms with Crippen molar-refractivity contribution < 1.29 is 4.39 Å². The van der Waals surface area contributed by atoms with Gasteiger partial charge in [-0.05, 0) is 64.0 Å². The summed E-state index contributed by atoms with van der Waals surface area (Å²) in [5.41, 5.74) is 0.896. The van der Waals surface area contributed by atoms with E-state index in [1.165, 1.54) is 38.5 Å². The first kappa shape index (κ1) is 15.4. The lowest BCUT2D eigenvalue weighted by molar-refractivity contribution is 0.0781. The van der Waals surface area contributed by atoms with Crippen LogP contribution in [0.2, 0.25) is 0 Å². The van der Waals surface area contributed by atoms with Gasteiger partial charge in [0.05, 0.1) is 6.04 Å². The summed E-state index contributed by atoms with van der Waals surface area (Å²) in [7, 11) is 1.97. The zero-order valence-electron chi connectivity index (χ0n) is 12.7. The molecule has 1 aliphatic carbocycles. The highest BCUT2D eigenvalue weighted by atomic mass is 79.9. The molecule has 4 heteroatoms. The zero-order valence-corrected chi connectivity index (χ0v) is 14.3. The number of nitrogens with one attached hydrogen (secondary N) is 1. The molecule has 21 heavy (non-hydrogen) atoms. The summed E-state index contributed by atoms with van der Waals surface area (Å²) in [5, 5.41) is 3.44.